The van der Waals surface area contributed by atoms with Crippen LogP contribution in [0.5, 0.6) is 5.75 Å². The molecule has 0 amide bonds. The highest BCUT2D eigenvalue weighted by molar-refractivity contribution is 5.92. The first-order chi connectivity index (χ1) is 46.0. The van der Waals surface area contributed by atoms with Gasteiger partial charge in [0, 0.05) is 63.8 Å². The predicted molar refractivity (Wildman–Crippen MR) is 355 cm³/mol. The minimum absolute atomic E-state index is 0.0104. The van der Waals surface area contributed by atoms with Crippen LogP contribution in [0.1, 0.15) is 176 Å². The molecule has 3 spiro atoms. The smallest absolute Gasteiger partial charge is 0.335 e. The molecule has 4 saturated carbocycles. The van der Waals surface area contributed by atoms with Gasteiger partial charge in [0.2, 0.25) is 6.29 Å². The number of benzene rings is 4. The van der Waals surface area contributed by atoms with E-state index in [1.807, 2.05) is 41.0 Å². The second kappa shape index (κ2) is 26.3. The first kappa shape index (κ1) is 65.7. The van der Waals surface area contributed by atoms with E-state index in [0.29, 0.717) is 74.4 Å². The Bertz CT molecular complexity index is 3810. The summed E-state index contributed by atoms with van der Waals surface area (Å²) in [4.78, 5) is 12.1. The number of nitrogens with zero attached hydrogens (tertiary/aromatic N) is 2. The van der Waals surface area contributed by atoms with Gasteiger partial charge in [-0.2, -0.15) is 5.26 Å². The molecule has 4 aromatic carbocycles. The number of methoxy groups -OCH3 is 1. The van der Waals surface area contributed by atoms with Crippen molar-refractivity contribution in [1.82, 2.24) is 9.88 Å². The maximum atomic E-state index is 14.2. The van der Waals surface area contributed by atoms with Gasteiger partial charge >= 0.3 is 5.97 Å². The van der Waals surface area contributed by atoms with E-state index in [2.05, 4.69) is 73.3 Å². The van der Waals surface area contributed by atoms with Crippen molar-refractivity contribution < 1.29 is 69.3 Å². The molecule has 15 rings (SSSR count). The number of aromatic nitrogens is 1. The molecule has 5 aromatic rings. The van der Waals surface area contributed by atoms with Crippen molar-refractivity contribution in [2.24, 2.45) is 40.4 Å². The van der Waals surface area contributed by atoms with Crippen molar-refractivity contribution in [2.75, 3.05) is 26.9 Å². The number of aromatic carboxylic acids is 1. The van der Waals surface area contributed by atoms with E-state index >= 15 is 0 Å². The van der Waals surface area contributed by atoms with E-state index < -0.39 is 77.5 Å². The largest absolute Gasteiger partial charge is 0.482 e. The third-order valence-electron chi connectivity index (χ3n) is 25.0. The van der Waals surface area contributed by atoms with Gasteiger partial charge < -0.3 is 74.4 Å². The number of aliphatic hydroxyl groups is 7. The molecule has 1 saturated heterocycles. The second-order valence-electron chi connectivity index (χ2n) is 29.7. The van der Waals surface area contributed by atoms with Crippen LogP contribution in [-0.2, 0) is 38.2 Å². The predicted octanol–water partition coefficient (Wildman–Crippen LogP) is 9.76. The summed E-state index contributed by atoms with van der Waals surface area (Å²) in [5.41, 5.74) is 2.68. The fourth-order valence-electron chi connectivity index (χ4n) is 20.9. The van der Waals surface area contributed by atoms with E-state index in [-0.39, 0.29) is 105 Å². The lowest BCUT2D eigenvalue weighted by atomic mass is 9.50. The van der Waals surface area contributed by atoms with Crippen molar-refractivity contribution in [1.29, 1.82) is 5.26 Å². The topological polar surface area (TPSA) is 266 Å². The van der Waals surface area contributed by atoms with Gasteiger partial charge in [-0.1, -0.05) is 73.9 Å². The van der Waals surface area contributed by atoms with Crippen molar-refractivity contribution in [3.8, 4) is 23.8 Å². The Balaban J connectivity index is 0.889. The molecule has 5 fully saturated rings. The molecule has 17 heteroatoms. The summed E-state index contributed by atoms with van der Waals surface area (Å²) in [6, 6.07) is 26.7. The summed E-state index contributed by atoms with van der Waals surface area (Å²) in [7, 11) is 1.62. The van der Waals surface area contributed by atoms with Crippen LogP contribution in [0, 0.1) is 63.8 Å². The summed E-state index contributed by atoms with van der Waals surface area (Å²) in [6.45, 7) is 6.14. The van der Waals surface area contributed by atoms with E-state index in [1.165, 1.54) is 10.9 Å². The summed E-state index contributed by atoms with van der Waals surface area (Å²) >= 11 is 0. The zero-order valence-corrected chi connectivity index (χ0v) is 54.6. The van der Waals surface area contributed by atoms with Gasteiger partial charge in [0.05, 0.1) is 60.0 Å². The molecule has 3 bridgehead atoms. The molecular weight excluding hydrogens is 1200 g/mol. The highest BCUT2D eigenvalue weighted by Crippen LogP contribution is 2.75. The SMILES string of the molecule is C=CCc1ccc(OC2OC3C(CCCO)OC#CCC(O)C4CC2(OC(CCC2NC5c6c(ccc7cccc(c67)CC5O)C2C)=CC42CCC4C(O)(CC5C(c6ccc(C(=O)O)cc6)CCC6CCCC654)C2)C(O)C3O)cc1CC(COC)C(CO)n1ccc(C#N)c1. The zero-order chi connectivity index (χ0) is 66.1. The Hall–Kier alpha value is -6.58. The number of fused-ring (bicyclic) bond motifs is 7. The number of hydrogen-bond acceptors (Lipinski definition) is 15. The van der Waals surface area contributed by atoms with Crippen molar-refractivity contribution in [2.45, 2.75) is 207 Å². The van der Waals surface area contributed by atoms with Gasteiger partial charge in [0.15, 0.2) is 5.60 Å². The molecule has 21 atom stereocenters. The van der Waals surface area contributed by atoms with Crippen molar-refractivity contribution in [3.63, 3.8) is 0 Å². The lowest BCUT2D eigenvalue weighted by molar-refractivity contribution is -0.337. The average molecular weight is 1300 g/mol. The van der Waals surface area contributed by atoms with Crippen LogP contribution in [0.4, 0.5) is 0 Å². The lowest BCUT2D eigenvalue weighted by Crippen LogP contribution is -2.71. The van der Waals surface area contributed by atoms with Crippen LogP contribution >= 0.6 is 0 Å². The molecule has 5 aliphatic carbocycles. The monoisotopic (exact) mass is 1300 g/mol. The van der Waals surface area contributed by atoms with Crippen molar-refractivity contribution >= 4 is 16.7 Å². The first-order valence-corrected chi connectivity index (χ1v) is 34.9. The minimum Gasteiger partial charge on any atom is -0.482 e. The third-order valence-corrected chi connectivity index (χ3v) is 25.0. The van der Waals surface area contributed by atoms with Gasteiger partial charge in [-0.15, -0.1) is 6.58 Å². The number of hydrogen-bond donors (Lipinski definition) is 9. The fraction of sp³-hybridized carbons (Fsp3) is 0.564. The lowest BCUT2D eigenvalue weighted by Gasteiger charge is -2.56. The Labute approximate surface area is 556 Å². The number of carbonyl (C=O) groups is 1. The van der Waals surface area contributed by atoms with Gasteiger partial charge in [0.1, 0.15) is 42.3 Å². The zero-order valence-electron chi connectivity index (χ0n) is 54.6. The Morgan fingerprint density at radius 1 is 0.968 bits per heavy atom. The molecular formula is C78H93N3O14. The van der Waals surface area contributed by atoms with Gasteiger partial charge in [-0.25, -0.2) is 4.79 Å². The van der Waals surface area contributed by atoms with Gasteiger partial charge in [-0.05, 0) is 210 Å². The Morgan fingerprint density at radius 3 is 2.58 bits per heavy atom. The standard InChI is InChI=1S/C78H93N3O14/c1-4-9-47-19-22-55(35-52(47)34-53(43-91-3)62(42-83)81-31-28-46(40-79)41-81)93-74-78-39-60(63(84)13-8-33-92-65(14-7-32-82)71(94-74)70(86)72(78)87)75(37-56(95-78)23-26-61-45(2)57-24-20-49-10-5-11-51-36-64(85)69(80-61)68(57)67(49)51)30-27-66-76(90,44-75)38-59-58(25-21-54-12-6-29-77(54,59)66)48-15-17-50(18-16-48)73(88)89/h4-5,10-11,15-20,22,24,28,31,35,37,41,45,53-54,58-66,69-72,74,80,82-87,90H,1,6-7,9,12-14,21,23,25-27,29-30,32,34,36,38-39,42-44H2,2-3H3,(H,88,89). The quantitative estimate of drug-likeness (QED) is 0.0275. The second-order valence-corrected chi connectivity index (χ2v) is 29.7. The number of nitrogens with one attached hydrogen (secondary N) is 1. The number of rotatable bonds is 19. The molecule has 21 unspecified atom stereocenters. The summed E-state index contributed by atoms with van der Waals surface area (Å²) in [6.07, 6.45) is 10.9. The first-order valence-electron chi connectivity index (χ1n) is 34.9. The maximum absolute atomic E-state index is 14.2. The summed E-state index contributed by atoms with van der Waals surface area (Å²) in [5.74, 6) is 2.46. The van der Waals surface area contributed by atoms with E-state index in [1.54, 1.807) is 37.7 Å². The van der Waals surface area contributed by atoms with Crippen LogP contribution in [0.2, 0.25) is 0 Å². The van der Waals surface area contributed by atoms with Crippen LogP contribution in [-0.4, -0.2) is 138 Å². The molecule has 10 aliphatic rings. The molecule has 9 N–H and O–H groups in total. The molecule has 504 valence electrons. The average Bonchev–Trinajstić information content (AvgIpc) is 1.61. The number of carboxylic acids is 1. The Morgan fingerprint density at radius 2 is 1.81 bits per heavy atom. The Kier molecular flexibility index (Phi) is 18.2. The number of nitriles is 1. The minimum atomic E-state index is -1.96. The van der Waals surface area contributed by atoms with Gasteiger partial charge in [-0.3, -0.25) is 0 Å². The highest BCUT2D eigenvalue weighted by atomic mass is 16.7. The fourth-order valence-corrected chi connectivity index (χ4v) is 20.9. The van der Waals surface area contributed by atoms with E-state index in [9.17, 15) is 50.9 Å². The number of carboxylic acid groups (broad SMARTS) is 1. The summed E-state index contributed by atoms with van der Waals surface area (Å²) in [5, 5.41) is 113. The van der Waals surface area contributed by atoms with E-state index in [4.69, 9.17) is 23.7 Å². The number of ether oxygens (including phenoxy) is 5. The molecule has 0 radical (unpaired) electrons. The molecule has 5 aliphatic heterocycles. The van der Waals surface area contributed by atoms with Crippen LogP contribution in [0.25, 0.3) is 10.8 Å². The molecule has 95 heavy (non-hydrogen) atoms. The van der Waals surface area contributed by atoms with Crippen LogP contribution < -0.4 is 10.1 Å². The maximum Gasteiger partial charge on any atom is 0.335 e. The summed E-state index contributed by atoms with van der Waals surface area (Å²) < 4.78 is 36.3. The van der Waals surface area contributed by atoms with Crippen LogP contribution in [0.15, 0.2) is 116 Å². The molecule has 6 heterocycles. The van der Waals surface area contributed by atoms with Gasteiger partial charge in [0.25, 0.3) is 0 Å². The number of aliphatic hydroxyl groups excluding tert-OH is 6. The van der Waals surface area contributed by atoms with E-state index in [0.717, 1.165) is 65.3 Å². The highest BCUT2D eigenvalue weighted by Gasteiger charge is 2.72. The molecule has 17 nitrogen and oxygen atoms in total. The third kappa shape index (κ3) is 11.4. The van der Waals surface area contributed by atoms with Crippen molar-refractivity contribution in [3.05, 3.63) is 160 Å². The number of allylic oxidation sites excluding steroid dienone is 3. The normalized spacial score (nSPS) is 36.4. The van der Waals surface area contributed by atoms with Crippen LogP contribution in [0.3, 0.4) is 0 Å². The molecule has 1 aromatic heterocycles.